The van der Waals surface area contributed by atoms with E-state index in [-0.39, 0.29) is 5.75 Å². The number of hydrogen-bond donors (Lipinski definition) is 0. The number of halogens is 3. The van der Waals surface area contributed by atoms with Gasteiger partial charge in [0, 0.05) is 17.8 Å². The Hall–Kier alpha value is -3.07. The van der Waals surface area contributed by atoms with E-state index < -0.39 is 6.36 Å². The van der Waals surface area contributed by atoms with Crippen LogP contribution in [0.2, 0.25) is 0 Å². The summed E-state index contributed by atoms with van der Waals surface area (Å²) >= 11 is 0. The van der Waals surface area contributed by atoms with E-state index in [9.17, 15) is 13.2 Å². The minimum atomic E-state index is -4.74. The Morgan fingerprint density at radius 1 is 1.04 bits per heavy atom. The molecule has 6 heteroatoms. The quantitative estimate of drug-likeness (QED) is 0.690. The molecule has 0 fully saturated rings. The van der Waals surface area contributed by atoms with Crippen LogP contribution in [0.25, 0.3) is 21.9 Å². The molecule has 0 saturated carbocycles. The fourth-order valence-electron chi connectivity index (χ4n) is 2.40. The molecule has 0 atom stereocenters. The second-order valence-electron chi connectivity index (χ2n) is 4.77. The molecule has 0 unspecified atom stereocenters. The molecule has 0 amide bonds. The highest BCUT2D eigenvalue weighted by atomic mass is 19.4. The van der Waals surface area contributed by atoms with Crippen molar-refractivity contribution in [1.29, 1.82) is 5.26 Å². The van der Waals surface area contributed by atoms with E-state index in [1.165, 1.54) is 18.2 Å². The number of hydrogen-bond acceptors (Lipinski definition) is 3. The van der Waals surface area contributed by atoms with E-state index in [1.807, 2.05) is 0 Å². The Bertz CT molecular complexity index is 914. The van der Waals surface area contributed by atoms with Gasteiger partial charge >= 0.3 is 6.36 Å². The van der Waals surface area contributed by atoms with Gasteiger partial charge in [-0.2, -0.15) is 5.26 Å². The third-order valence-corrected chi connectivity index (χ3v) is 3.32. The Kier molecular flexibility index (Phi) is 3.62. The lowest BCUT2D eigenvalue weighted by Gasteiger charge is -2.12. The summed E-state index contributed by atoms with van der Waals surface area (Å²) in [4.78, 5) is 4.00. The van der Waals surface area contributed by atoms with Gasteiger partial charge < -0.3 is 4.74 Å². The molecule has 3 aromatic rings. The van der Waals surface area contributed by atoms with Gasteiger partial charge in [-0.25, -0.2) is 0 Å². The number of ether oxygens (including phenoxy) is 1. The van der Waals surface area contributed by atoms with E-state index in [2.05, 4.69) is 15.8 Å². The summed E-state index contributed by atoms with van der Waals surface area (Å²) in [5.41, 5.74) is 1.72. The van der Waals surface area contributed by atoms with Gasteiger partial charge in [0.05, 0.1) is 11.6 Å². The zero-order valence-corrected chi connectivity index (χ0v) is 11.6. The first-order valence-electron chi connectivity index (χ1n) is 6.61. The van der Waals surface area contributed by atoms with E-state index in [0.29, 0.717) is 22.1 Å². The molecule has 2 aromatic carbocycles. The van der Waals surface area contributed by atoms with Crippen molar-refractivity contribution in [2.45, 2.75) is 6.36 Å². The van der Waals surface area contributed by atoms with E-state index in [1.54, 1.807) is 36.7 Å². The summed E-state index contributed by atoms with van der Waals surface area (Å²) in [6.07, 6.45) is -1.61. The van der Waals surface area contributed by atoms with Crippen LogP contribution in [0.5, 0.6) is 5.75 Å². The molecule has 1 heterocycles. The molecule has 1 aromatic heterocycles. The fourth-order valence-corrected chi connectivity index (χ4v) is 2.40. The summed E-state index contributed by atoms with van der Waals surface area (Å²) in [5.74, 6) is -0.290. The van der Waals surface area contributed by atoms with Gasteiger partial charge in [-0.3, -0.25) is 4.98 Å². The second kappa shape index (κ2) is 5.61. The Balaban J connectivity index is 2.15. The topological polar surface area (TPSA) is 45.9 Å². The minimum Gasteiger partial charge on any atom is -0.406 e. The third kappa shape index (κ3) is 3.09. The maximum absolute atomic E-state index is 12.4. The van der Waals surface area contributed by atoms with Gasteiger partial charge in [-0.1, -0.05) is 18.2 Å². The summed E-state index contributed by atoms with van der Waals surface area (Å²) in [7, 11) is 0. The Labute approximate surface area is 129 Å². The van der Waals surface area contributed by atoms with Gasteiger partial charge in [-0.15, -0.1) is 13.2 Å². The Morgan fingerprint density at radius 3 is 2.61 bits per heavy atom. The van der Waals surface area contributed by atoms with Crippen LogP contribution >= 0.6 is 0 Å². The number of nitrogens with zero attached hydrogens (tertiary/aromatic N) is 2. The molecule has 0 aliphatic rings. The molecular weight excluding hydrogens is 305 g/mol. The first kappa shape index (κ1) is 14.9. The molecular formula is C17H9F3N2O. The minimum absolute atomic E-state index is 0.290. The molecule has 0 N–H and O–H groups in total. The lowest BCUT2D eigenvalue weighted by molar-refractivity contribution is -0.274. The van der Waals surface area contributed by atoms with Crippen LogP contribution in [0.15, 0.2) is 54.9 Å². The SMILES string of the molecule is N#Cc1ccc(-c2cccc(OC(F)(F)F)c2)c2ccncc12. The number of nitriles is 1. The lowest BCUT2D eigenvalue weighted by atomic mass is 9.96. The largest absolute Gasteiger partial charge is 0.573 e. The molecule has 23 heavy (non-hydrogen) atoms. The summed E-state index contributed by atoms with van der Waals surface area (Å²) in [5, 5.41) is 10.5. The highest BCUT2D eigenvalue weighted by molar-refractivity contribution is 5.99. The van der Waals surface area contributed by atoms with Gasteiger partial charge in [0.1, 0.15) is 5.75 Å². The molecule has 0 saturated heterocycles. The predicted octanol–water partition coefficient (Wildman–Crippen LogP) is 4.67. The van der Waals surface area contributed by atoms with Crippen molar-refractivity contribution in [2.24, 2.45) is 0 Å². The molecule has 0 radical (unpaired) electrons. The van der Waals surface area contributed by atoms with E-state index in [4.69, 9.17) is 5.26 Å². The van der Waals surface area contributed by atoms with E-state index >= 15 is 0 Å². The number of pyridine rings is 1. The molecule has 3 nitrogen and oxygen atoms in total. The number of rotatable bonds is 2. The molecule has 0 aliphatic carbocycles. The van der Waals surface area contributed by atoms with Crippen LogP contribution in [0.4, 0.5) is 13.2 Å². The molecule has 114 valence electrons. The van der Waals surface area contributed by atoms with Crippen molar-refractivity contribution in [1.82, 2.24) is 4.98 Å². The zero-order chi connectivity index (χ0) is 16.4. The van der Waals surface area contributed by atoms with Crippen LogP contribution in [0, 0.1) is 11.3 Å². The second-order valence-corrected chi connectivity index (χ2v) is 4.77. The third-order valence-electron chi connectivity index (χ3n) is 3.32. The first-order chi connectivity index (χ1) is 11.0. The van der Waals surface area contributed by atoms with Crippen molar-refractivity contribution >= 4 is 10.8 Å². The summed E-state index contributed by atoms with van der Waals surface area (Å²) in [6.45, 7) is 0. The van der Waals surface area contributed by atoms with Crippen molar-refractivity contribution < 1.29 is 17.9 Å². The number of alkyl halides is 3. The zero-order valence-electron chi connectivity index (χ0n) is 11.6. The number of benzene rings is 2. The normalized spacial score (nSPS) is 11.2. The Morgan fingerprint density at radius 2 is 1.87 bits per heavy atom. The standard InChI is InChI=1S/C17H9F3N2O/c18-17(19,20)23-13-3-1-2-11(8-13)14-5-4-12(9-21)16-10-22-7-6-15(14)16/h1-8,10H. The monoisotopic (exact) mass is 314 g/mol. The van der Waals surface area contributed by atoms with Crippen molar-refractivity contribution in [3.63, 3.8) is 0 Å². The molecule has 0 aliphatic heterocycles. The lowest BCUT2D eigenvalue weighted by Crippen LogP contribution is -2.17. The van der Waals surface area contributed by atoms with Gasteiger partial charge in [0.15, 0.2) is 0 Å². The maximum Gasteiger partial charge on any atom is 0.573 e. The first-order valence-corrected chi connectivity index (χ1v) is 6.61. The molecule has 3 rings (SSSR count). The van der Waals surface area contributed by atoms with Crippen LogP contribution < -0.4 is 4.74 Å². The van der Waals surface area contributed by atoms with Gasteiger partial charge in [0.25, 0.3) is 0 Å². The van der Waals surface area contributed by atoms with Crippen molar-refractivity contribution in [2.75, 3.05) is 0 Å². The fraction of sp³-hybridized carbons (Fsp3) is 0.0588. The molecule has 0 bridgehead atoms. The number of aromatic nitrogens is 1. The molecule has 0 spiro atoms. The average molecular weight is 314 g/mol. The van der Waals surface area contributed by atoms with Gasteiger partial charge in [-0.05, 0) is 40.8 Å². The summed E-state index contributed by atoms with van der Waals surface area (Å²) in [6, 6.07) is 12.9. The maximum atomic E-state index is 12.4. The predicted molar refractivity (Wildman–Crippen MR) is 78.6 cm³/mol. The van der Waals surface area contributed by atoms with Crippen molar-refractivity contribution in [3.8, 4) is 22.9 Å². The van der Waals surface area contributed by atoms with E-state index in [0.717, 1.165) is 5.39 Å². The highest BCUT2D eigenvalue weighted by Gasteiger charge is 2.31. The summed E-state index contributed by atoms with van der Waals surface area (Å²) < 4.78 is 41.0. The smallest absolute Gasteiger partial charge is 0.406 e. The van der Waals surface area contributed by atoms with Crippen LogP contribution in [0.1, 0.15) is 5.56 Å². The number of fused-ring (bicyclic) bond motifs is 1. The van der Waals surface area contributed by atoms with Crippen molar-refractivity contribution in [3.05, 3.63) is 60.4 Å². The van der Waals surface area contributed by atoms with Gasteiger partial charge in [0.2, 0.25) is 0 Å². The van der Waals surface area contributed by atoms with Crippen LogP contribution in [0.3, 0.4) is 0 Å². The highest BCUT2D eigenvalue weighted by Crippen LogP contribution is 2.33. The van der Waals surface area contributed by atoms with Crippen LogP contribution in [-0.2, 0) is 0 Å². The average Bonchev–Trinajstić information content (AvgIpc) is 2.52. The van der Waals surface area contributed by atoms with Crippen LogP contribution in [-0.4, -0.2) is 11.3 Å².